The second-order valence-electron chi connectivity index (χ2n) is 5.20. The van der Waals surface area contributed by atoms with Crippen LogP contribution in [-0.2, 0) is 0 Å². The zero-order valence-corrected chi connectivity index (χ0v) is 13.1. The summed E-state index contributed by atoms with van der Waals surface area (Å²) in [6.45, 7) is 0. The SMILES string of the molecule is O=C(Nc1ccc(Nc2c(F)cccc2F)nc1)c1c(F)cccc1F. The first-order valence-corrected chi connectivity index (χ1v) is 7.38. The zero-order chi connectivity index (χ0) is 18.7. The van der Waals surface area contributed by atoms with Crippen LogP contribution in [0.2, 0.25) is 0 Å². The van der Waals surface area contributed by atoms with Gasteiger partial charge < -0.3 is 10.6 Å². The average Bonchev–Trinajstić information content (AvgIpc) is 2.59. The van der Waals surface area contributed by atoms with Gasteiger partial charge in [0.05, 0.1) is 11.9 Å². The van der Waals surface area contributed by atoms with Crippen molar-refractivity contribution >= 4 is 23.1 Å². The summed E-state index contributed by atoms with van der Waals surface area (Å²) >= 11 is 0. The van der Waals surface area contributed by atoms with Crippen LogP contribution in [0.3, 0.4) is 0 Å². The van der Waals surface area contributed by atoms with Gasteiger partial charge in [-0.2, -0.15) is 0 Å². The van der Waals surface area contributed by atoms with Gasteiger partial charge in [0, 0.05) is 0 Å². The van der Waals surface area contributed by atoms with Crippen molar-refractivity contribution in [3.63, 3.8) is 0 Å². The van der Waals surface area contributed by atoms with E-state index >= 15 is 0 Å². The summed E-state index contributed by atoms with van der Waals surface area (Å²) in [5, 5.41) is 4.77. The number of hydrogen-bond donors (Lipinski definition) is 2. The molecule has 0 fully saturated rings. The maximum Gasteiger partial charge on any atom is 0.261 e. The number of nitrogens with zero attached hydrogens (tertiary/aromatic N) is 1. The molecule has 0 aliphatic rings. The van der Waals surface area contributed by atoms with E-state index in [2.05, 4.69) is 15.6 Å². The largest absolute Gasteiger partial charge is 0.335 e. The fraction of sp³-hybridized carbons (Fsp3) is 0. The molecule has 132 valence electrons. The van der Waals surface area contributed by atoms with Gasteiger partial charge in [-0.05, 0) is 36.4 Å². The third-order valence-corrected chi connectivity index (χ3v) is 3.43. The summed E-state index contributed by atoms with van der Waals surface area (Å²) in [4.78, 5) is 15.9. The minimum absolute atomic E-state index is 0.115. The van der Waals surface area contributed by atoms with Gasteiger partial charge >= 0.3 is 0 Å². The van der Waals surface area contributed by atoms with Gasteiger partial charge in [0.1, 0.15) is 40.3 Å². The molecule has 0 saturated carbocycles. The third kappa shape index (κ3) is 3.64. The number of benzene rings is 2. The predicted octanol–water partition coefficient (Wildman–Crippen LogP) is 4.63. The zero-order valence-electron chi connectivity index (χ0n) is 13.1. The molecule has 0 unspecified atom stereocenters. The minimum Gasteiger partial charge on any atom is -0.335 e. The number of rotatable bonds is 4. The third-order valence-electron chi connectivity index (χ3n) is 3.43. The number of hydrogen-bond acceptors (Lipinski definition) is 3. The first-order valence-electron chi connectivity index (χ1n) is 7.38. The molecule has 0 aliphatic heterocycles. The number of aromatic nitrogens is 1. The van der Waals surface area contributed by atoms with E-state index in [4.69, 9.17) is 0 Å². The van der Waals surface area contributed by atoms with Gasteiger partial charge in [-0.15, -0.1) is 0 Å². The van der Waals surface area contributed by atoms with Gasteiger partial charge in [0.25, 0.3) is 5.91 Å². The van der Waals surface area contributed by atoms with E-state index < -0.39 is 34.7 Å². The smallest absolute Gasteiger partial charge is 0.261 e. The molecular weight excluding hydrogens is 350 g/mol. The Morgan fingerprint density at radius 3 is 1.92 bits per heavy atom. The van der Waals surface area contributed by atoms with E-state index in [1.807, 2.05) is 0 Å². The number of carbonyl (C=O) groups excluding carboxylic acids is 1. The highest BCUT2D eigenvalue weighted by atomic mass is 19.1. The molecule has 0 atom stereocenters. The Labute approximate surface area is 145 Å². The van der Waals surface area contributed by atoms with Gasteiger partial charge in [0.2, 0.25) is 0 Å². The van der Waals surface area contributed by atoms with E-state index in [0.29, 0.717) is 0 Å². The standard InChI is InChI=1S/C18H11F4N3O/c19-11-3-1-4-12(20)16(11)18(26)24-10-7-8-15(23-9-10)25-17-13(21)5-2-6-14(17)22/h1-9H,(H,23,25)(H,24,26). The molecule has 1 aromatic heterocycles. The lowest BCUT2D eigenvalue weighted by Gasteiger charge is -2.10. The minimum atomic E-state index is -0.997. The van der Waals surface area contributed by atoms with Crippen LogP contribution in [0.25, 0.3) is 0 Å². The number of amides is 1. The normalized spacial score (nSPS) is 10.5. The Hall–Kier alpha value is -3.42. The van der Waals surface area contributed by atoms with Crippen molar-refractivity contribution in [3.8, 4) is 0 Å². The fourth-order valence-corrected chi connectivity index (χ4v) is 2.20. The van der Waals surface area contributed by atoms with Gasteiger partial charge in [0.15, 0.2) is 0 Å². The van der Waals surface area contributed by atoms with E-state index in [9.17, 15) is 22.4 Å². The molecule has 4 nitrogen and oxygen atoms in total. The molecule has 3 aromatic rings. The van der Waals surface area contributed by atoms with Crippen molar-refractivity contribution in [2.45, 2.75) is 0 Å². The monoisotopic (exact) mass is 361 g/mol. The number of halogens is 4. The molecule has 2 N–H and O–H groups in total. The first kappa shape index (κ1) is 17.4. The summed E-state index contributed by atoms with van der Waals surface area (Å²) in [5.41, 5.74) is -0.939. The Bertz CT molecular complexity index is 921. The molecule has 2 aromatic carbocycles. The van der Waals surface area contributed by atoms with Crippen LogP contribution in [0.5, 0.6) is 0 Å². The summed E-state index contributed by atoms with van der Waals surface area (Å²) in [5.74, 6) is -4.45. The highest BCUT2D eigenvalue weighted by molar-refractivity contribution is 6.04. The van der Waals surface area contributed by atoms with Crippen molar-refractivity contribution in [2.75, 3.05) is 10.6 Å². The molecule has 0 spiro atoms. The maximum absolute atomic E-state index is 13.6. The number of nitrogens with one attached hydrogen (secondary N) is 2. The topological polar surface area (TPSA) is 54.0 Å². The van der Waals surface area contributed by atoms with Crippen molar-refractivity contribution in [1.82, 2.24) is 4.98 Å². The Balaban J connectivity index is 1.75. The van der Waals surface area contributed by atoms with Crippen molar-refractivity contribution in [3.05, 3.63) is 83.6 Å². The van der Waals surface area contributed by atoms with Crippen LogP contribution in [0.1, 0.15) is 10.4 Å². The highest BCUT2D eigenvalue weighted by Crippen LogP contribution is 2.23. The van der Waals surface area contributed by atoms with Crippen LogP contribution >= 0.6 is 0 Å². The number of anilines is 3. The average molecular weight is 361 g/mol. The van der Waals surface area contributed by atoms with Crippen LogP contribution in [0.4, 0.5) is 34.8 Å². The van der Waals surface area contributed by atoms with E-state index in [0.717, 1.165) is 30.3 Å². The van der Waals surface area contributed by atoms with E-state index in [1.54, 1.807) is 0 Å². The lowest BCUT2D eigenvalue weighted by molar-refractivity contribution is 0.101. The van der Waals surface area contributed by atoms with Gasteiger partial charge in [-0.3, -0.25) is 4.79 Å². The summed E-state index contributed by atoms with van der Waals surface area (Å²) in [7, 11) is 0. The van der Waals surface area contributed by atoms with Crippen LogP contribution in [0.15, 0.2) is 54.7 Å². The molecule has 3 rings (SSSR count). The van der Waals surface area contributed by atoms with Crippen molar-refractivity contribution < 1.29 is 22.4 Å². The maximum atomic E-state index is 13.6. The Morgan fingerprint density at radius 1 is 0.808 bits per heavy atom. The molecule has 1 amide bonds. The quantitative estimate of drug-likeness (QED) is 0.666. The predicted molar refractivity (Wildman–Crippen MR) is 88.2 cm³/mol. The molecule has 0 bridgehead atoms. The molecule has 0 saturated heterocycles. The van der Waals surface area contributed by atoms with Crippen LogP contribution in [-0.4, -0.2) is 10.9 Å². The number of carbonyl (C=O) groups is 1. The Morgan fingerprint density at radius 2 is 1.38 bits per heavy atom. The highest BCUT2D eigenvalue weighted by Gasteiger charge is 2.17. The lowest BCUT2D eigenvalue weighted by Crippen LogP contribution is -2.16. The van der Waals surface area contributed by atoms with Crippen molar-refractivity contribution in [1.29, 1.82) is 0 Å². The fourth-order valence-electron chi connectivity index (χ4n) is 2.20. The number of pyridine rings is 1. The number of para-hydroxylation sites is 1. The summed E-state index contributed by atoms with van der Waals surface area (Å²) < 4.78 is 54.4. The lowest BCUT2D eigenvalue weighted by atomic mass is 10.2. The summed E-state index contributed by atoms with van der Waals surface area (Å²) in [6.07, 6.45) is 1.18. The molecule has 0 aliphatic carbocycles. The van der Waals surface area contributed by atoms with E-state index in [1.165, 1.54) is 24.4 Å². The Kier molecular flexibility index (Phi) is 4.83. The first-order chi connectivity index (χ1) is 12.5. The van der Waals surface area contributed by atoms with Gasteiger partial charge in [-0.1, -0.05) is 12.1 Å². The van der Waals surface area contributed by atoms with E-state index in [-0.39, 0.29) is 17.2 Å². The molecule has 26 heavy (non-hydrogen) atoms. The second-order valence-corrected chi connectivity index (χ2v) is 5.20. The van der Waals surface area contributed by atoms with Crippen molar-refractivity contribution in [2.24, 2.45) is 0 Å². The molecule has 0 radical (unpaired) electrons. The van der Waals surface area contributed by atoms with Crippen LogP contribution in [0, 0.1) is 23.3 Å². The molecular formula is C18H11F4N3O. The van der Waals surface area contributed by atoms with Gasteiger partial charge in [-0.25, -0.2) is 22.5 Å². The molecule has 1 heterocycles. The summed E-state index contributed by atoms with van der Waals surface area (Å²) in [6, 6.07) is 9.18. The second kappa shape index (κ2) is 7.22. The van der Waals surface area contributed by atoms with Crippen LogP contribution < -0.4 is 10.6 Å². The molecule has 8 heteroatoms.